The van der Waals surface area contributed by atoms with Crippen molar-refractivity contribution in [3.05, 3.63) is 155 Å². The van der Waals surface area contributed by atoms with Crippen LogP contribution in [0.25, 0.3) is 11.1 Å². The third-order valence-corrected chi connectivity index (χ3v) is 16.2. The number of nitrogens with one attached hydrogen (secondary N) is 6. The van der Waals surface area contributed by atoms with Crippen molar-refractivity contribution in [1.29, 1.82) is 0 Å². The molecule has 99 heavy (non-hydrogen) atoms. The van der Waals surface area contributed by atoms with Crippen LogP contribution in [0.3, 0.4) is 0 Å². The molecule has 5 atom stereocenters. The summed E-state index contributed by atoms with van der Waals surface area (Å²) >= 11 is 0. The van der Waals surface area contributed by atoms with Crippen LogP contribution < -0.4 is 37.6 Å². The number of nitrogens with two attached hydrogens (primary N) is 1. The van der Waals surface area contributed by atoms with Crippen LogP contribution in [-0.2, 0) is 77.0 Å². The summed E-state index contributed by atoms with van der Waals surface area (Å²) < 4.78 is 59.0. The summed E-state index contributed by atoms with van der Waals surface area (Å²) in [6, 6.07) is 27.6. The Labute approximate surface area is 576 Å². The maximum absolute atomic E-state index is 15.3. The van der Waals surface area contributed by atoms with Crippen molar-refractivity contribution in [2.75, 3.05) is 79.0 Å². The number of hydrogen-bond acceptors (Lipinski definition) is 15. The van der Waals surface area contributed by atoms with E-state index in [1.54, 1.807) is 38.2 Å². The molecule has 0 radical (unpaired) electrons. The molecule has 1 aliphatic heterocycles. The lowest BCUT2D eigenvalue weighted by molar-refractivity contribution is -0.143. The van der Waals surface area contributed by atoms with Gasteiger partial charge < -0.3 is 80.8 Å². The summed E-state index contributed by atoms with van der Waals surface area (Å²) in [4.78, 5) is 122. The van der Waals surface area contributed by atoms with E-state index >= 15 is 4.39 Å². The number of alkyl carbamates (subject to hydrolysis) is 2. The lowest BCUT2D eigenvalue weighted by Gasteiger charge is -2.41. The SMILES string of the molecule is CC(C)[C@H](NC(=O)[C@@H]1CCCN1C(=O)[C@H](CC(N)=O)NC(=O)CCOCCOCCOCCNC(=O)[C@H](CCCCNC(=O)OCc1ccccc1)NC(=O)OCc1ccccc1)C(=O)NCCCN(C(=O)CO)[C@@H](c1cc(-c2cc(F)ccc2F)cn1Cc1ccccc1)C(C)(C)C. The molecule has 1 aliphatic rings. The van der Waals surface area contributed by atoms with Gasteiger partial charge in [-0.15, -0.1) is 0 Å². The number of amides is 9. The minimum absolute atomic E-state index is 0.0131. The number of aromatic nitrogens is 1. The van der Waals surface area contributed by atoms with Gasteiger partial charge in [-0.05, 0) is 90.8 Å². The topological polar surface area (TPSA) is 330 Å². The number of aliphatic hydroxyl groups is 1. The van der Waals surface area contributed by atoms with Crippen LogP contribution in [0.1, 0.15) is 114 Å². The Kier molecular flexibility index (Phi) is 32.7. The van der Waals surface area contributed by atoms with Gasteiger partial charge in [-0.25, -0.2) is 18.4 Å². The van der Waals surface area contributed by atoms with E-state index in [1.807, 2.05) is 104 Å². The normalized spacial score (nSPS) is 14.1. The van der Waals surface area contributed by atoms with E-state index < -0.39 is 120 Å². The molecule has 0 aliphatic carbocycles. The maximum atomic E-state index is 15.3. The first-order valence-corrected chi connectivity index (χ1v) is 33.5. The molecule has 0 unspecified atom stereocenters. The summed E-state index contributed by atoms with van der Waals surface area (Å²) in [6.07, 6.45) is 1.73. The van der Waals surface area contributed by atoms with Crippen molar-refractivity contribution in [2.24, 2.45) is 17.1 Å². The van der Waals surface area contributed by atoms with Crippen molar-refractivity contribution in [3.8, 4) is 11.1 Å². The Balaban J connectivity index is 0.901. The summed E-state index contributed by atoms with van der Waals surface area (Å²) in [7, 11) is 0. The fraction of sp³-hybridized carbons (Fsp3) is 0.486. The van der Waals surface area contributed by atoms with E-state index in [1.165, 1.54) is 9.80 Å². The van der Waals surface area contributed by atoms with E-state index in [-0.39, 0.29) is 110 Å². The minimum atomic E-state index is -1.40. The van der Waals surface area contributed by atoms with Gasteiger partial charge in [0.1, 0.15) is 55.6 Å². The molecule has 1 fully saturated rings. The molecule has 4 aromatic carbocycles. The van der Waals surface area contributed by atoms with Gasteiger partial charge in [0.2, 0.25) is 41.4 Å². The molecular formula is C72H96F2N10O15. The Morgan fingerprint density at radius 2 is 1.26 bits per heavy atom. The van der Waals surface area contributed by atoms with Gasteiger partial charge in [-0.3, -0.25) is 33.6 Å². The van der Waals surface area contributed by atoms with E-state index in [4.69, 9.17) is 29.4 Å². The van der Waals surface area contributed by atoms with Crippen LogP contribution in [0.15, 0.2) is 121 Å². The quantitative estimate of drug-likeness (QED) is 0.0198. The van der Waals surface area contributed by atoms with Gasteiger partial charge in [0.15, 0.2) is 0 Å². The molecule has 27 heteroatoms. The molecule has 0 saturated carbocycles. The molecule has 9 N–H and O–H groups in total. The van der Waals surface area contributed by atoms with E-state index in [0.717, 1.165) is 34.9 Å². The van der Waals surface area contributed by atoms with Crippen molar-refractivity contribution in [2.45, 2.75) is 136 Å². The number of hydrogen-bond donors (Lipinski definition) is 8. The largest absolute Gasteiger partial charge is 0.445 e. The van der Waals surface area contributed by atoms with Gasteiger partial charge in [0.05, 0.1) is 52.1 Å². The van der Waals surface area contributed by atoms with Gasteiger partial charge in [-0.1, -0.05) is 126 Å². The van der Waals surface area contributed by atoms with Crippen LogP contribution in [-0.4, -0.2) is 176 Å². The van der Waals surface area contributed by atoms with Crippen LogP contribution in [0.5, 0.6) is 0 Å². The second kappa shape index (κ2) is 41.2. The molecule has 2 heterocycles. The standard InChI is InChI=1S/C72H96F2N10O15/c1-49(2)64(68(91)76-31-18-34-84(63(88)46-85)65(72(3,4)5)60-41-53(55-42-54(73)27-28-56(55)74)45-82(60)44-50-19-9-6-10-20-50)81-67(90)59-26-17-33-83(59)69(92)58(43-61(75)86)79-62(87)29-35-95-37-39-97-40-38-96-36-32-77-66(89)57(80-71(94)99-48-52-23-13-8-14-24-52)25-15-16-30-78-70(93)98-47-51-21-11-7-12-22-51/h6-14,19-24,27-28,41-42,45,49,57-59,64-65,85H,15-18,25-26,29-40,43-44,46-48H2,1-5H3,(H2,75,86)(H,76,91)(H,77,89)(H,78,93)(H,79,87)(H,80,94)(H,81,90)/t57-,58-,59-,64-,65-/m0/s1. The summed E-state index contributed by atoms with van der Waals surface area (Å²) in [5.74, 6) is -6.09. The zero-order chi connectivity index (χ0) is 71.7. The first-order chi connectivity index (χ1) is 47.5. The molecule has 1 aromatic heterocycles. The molecule has 1 saturated heterocycles. The number of carbonyl (C=O) groups excluding carboxylic acids is 9. The maximum Gasteiger partial charge on any atom is 0.408 e. The number of unbranched alkanes of at least 4 members (excludes halogenated alkanes) is 1. The molecule has 0 spiro atoms. The van der Waals surface area contributed by atoms with Crippen LogP contribution in [0, 0.1) is 23.0 Å². The van der Waals surface area contributed by atoms with Gasteiger partial charge in [0, 0.05) is 68.7 Å². The van der Waals surface area contributed by atoms with Crippen molar-refractivity contribution >= 4 is 53.5 Å². The summed E-state index contributed by atoms with van der Waals surface area (Å²) in [5.41, 5.74) is 8.42. The molecular weight excluding hydrogens is 1280 g/mol. The predicted molar refractivity (Wildman–Crippen MR) is 363 cm³/mol. The Morgan fingerprint density at radius 3 is 1.88 bits per heavy atom. The van der Waals surface area contributed by atoms with E-state index in [0.29, 0.717) is 43.6 Å². The summed E-state index contributed by atoms with van der Waals surface area (Å²) in [6.45, 7) is 10.2. The number of likely N-dealkylation sites (tertiary alicyclic amines) is 1. The number of halogens is 2. The van der Waals surface area contributed by atoms with Gasteiger partial charge in [0.25, 0.3) is 0 Å². The fourth-order valence-electron chi connectivity index (χ4n) is 11.3. The van der Waals surface area contributed by atoms with Crippen LogP contribution in [0.4, 0.5) is 18.4 Å². The lowest BCUT2D eigenvalue weighted by atomic mass is 9.83. The zero-order valence-electron chi connectivity index (χ0n) is 57.1. The number of nitrogens with zero attached hydrogens (tertiary/aromatic N) is 3. The minimum Gasteiger partial charge on any atom is -0.445 e. The van der Waals surface area contributed by atoms with Crippen LogP contribution in [0.2, 0.25) is 0 Å². The zero-order valence-corrected chi connectivity index (χ0v) is 57.1. The van der Waals surface area contributed by atoms with Crippen molar-refractivity contribution < 1.29 is 80.7 Å². The average Bonchev–Trinajstić information content (AvgIpc) is 1.43. The van der Waals surface area contributed by atoms with Gasteiger partial charge in [-0.2, -0.15) is 0 Å². The molecule has 538 valence electrons. The van der Waals surface area contributed by atoms with E-state index in [2.05, 4.69) is 31.9 Å². The number of primary amides is 1. The first kappa shape index (κ1) is 78.7. The monoisotopic (exact) mass is 1380 g/mol. The highest BCUT2D eigenvalue weighted by Crippen LogP contribution is 2.41. The molecule has 6 rings (SSSR count). The average molecular weight is 1380 g/mol. The molecule has 9 amide bonds. The van der Waals surface area contributed by atoms with Crippen molar-refractivity contribution in [3.63, 3.8) is 0 Å². The Hall–Kier alpha value is -9.31. The fourth-order valence-corrected chi connectivity index (χ4v) is 11.3. The first-order valence-electron chi connectivity index (χ1n) is 33.5. The number of rotatable bonds is 41. The molecule has 5 aromatic rings. The van der Waals surface area contributed by atoms with E-state index in [9.17, 15) is 52.6 Å². The highest BCUT2D eigenvalue weighted by atomic mass is 19.1. The second-order valence-corrected chi connectivity index (χ2v) is 25.4. The number of carbonyl (C=O) groups is 9. The third-order valence-electron chi connectivity index (χ3n) is 16.2. The highest BCUT2D eigenvalue weighted by molar-refractivity contribution is 5.96. The highest BCUT2D eigenvalue weighted by Gasteiger charge is 2.41. The second-order valence-electron chi connectivity index (χ2n) is 25.4. The lowest BCUT2D eigenvalue weighted by Crippen LogP contribution is -2.57. The Morgan fingerprint density at radius 1 is 0.667 bits per heavy atom. The Bertz CT molecular complexity index is 3400. The predicted octanol–water partition coefficient (Wildman–Crippen LogP) is 6.34. The number of aliphatic hydroxyl groups excluding tert-OH is 1. The van der Waals surface area contributed by atoms with Crippen molar-refractivity contribution in [1.82, 2.24) is 46.3 Å². The molecule has 0 bridgehead atoms. The number of benzene rings is 4. The smallest absolute Gasteiger partial charge is 0.408 e. The van der Waals surface area contributed by atoms with Gasteiger partial charge >= 0.3 is 12.2 Å². The third kappa shape index (κ3) is 26.8. The molecule has 25 nitrogen and oxygen atoms in total. The summed E-state index contributed by atoms with van der Waals surface area (Å²) in [5, 5.41) is 26.6. The number of ether oxygens (including phenoxy) is 5. The van der Waals surface area contributed by atoms with Crippen LogP contribution >= 0.6 is 0 Å².